The number of halogens is 3. The van der Waals surface area contributed by atoms with E-state index in [1.165, 1.54) is 0 Å². The molecule has 0 amide bonds. The Labute approximate surface area is 140 Å². The zero-order valence-electron chi connectivity index (χ0n) is 11.0. The summed E-state index contributed by atoms with van der Waals surface area (Å²) >= 11 is 19.6. The second-order valence-electron chi connectivity index (χ2n) is 4.53. The van der Waals surface area contributed by atoms with E-state index in [2.05, 4.69) is 15.3 Å². The van der Waals surface area contributed by atoms with E-state index in [9.17, 15) is 0 Å². The summed E-state index contributed by atoms with van der Waals surface area (Å²) < 4.78 is 0. The second-order valence-corrected chi connectivity index (χ2v) is 6.57. The Morgan fingerprint density at radius 1 is 1.19 bits per heavy atom. The molecule has 3 aromatic rings. The molecule has 1 N–H and O–H groups in total. The number of nitrogens with zero attached hydrogens (tertiary/aromatic N) is 2. The standard InChI is InChI=1S/C14H10Cl3N3S/c1-7-6-21-13-11(7)12(19-14(17)20-13)18-5-8-2-3-9(15)4-10(8)16/h2-4,6H,5H2,1H3,(H,18,19,20). The maximum absolute atomic E-state index is 6.17. The van der Waals surface area contributed by atoms with Crippen LogP contribution in [0.2, 0.25) is 15.3 Å². The minimum absolute atomic E-state index is 0.231. The molecule has 3 nitrogen and oxygen atoms in total. The SMILES string of the molecule is Cc1csc2nc(Cl)nc(NCc3ccc(Cl)cc3Cl)c12. The highest BCUT2D eigenvalue weighted by Crippen LogP contribution is 2.31. The molecule has 0 fully saturated rings. The third-order valence-corrected chi connectivity index (χ3v) is 4.80. The van der Waals surface area contributed by atoms with E-state index in [0.29, 0.717) is 16.6 Å². The van der Waals surface area contributed by atoms with Gasteiger partial charge >= 0.3 is 0 Å². The topological polar surface area (TPSA) is 37.8 Å². The van der Waals surface area contributed by atoms with Crippen LogP contribution in [0.15, 0.2) is 23.6 Å². The Morgan fingerprint density at radius 2 is 2.00 bits per heavy atom. The number of rotatable bonds is 3. The molecular formula is C14H10Cl3N3S. The molecule has 2 aromatic heterocycles. The number of anilines is 1. The van der Waals surface area contributed by atoms with E-state index in [0.717, 1.165) is 27.2 Å². The van der Waals surface area contributed by atoms with Crippen molar-refractivity contribution in [1.29, 1.82) is 0 Å². The number of fused-ring (bicyclic) bond motifs is 1. The maximum atomic E-state index is 6.17. The molecule has 0 saturated heterocycles. The third-order valence-electron chi connectivity index (χ3n) is 3.05. The molecule has 0 atom stereocenters. The largest absolute Gasteiger partial charge is 0.365 e. The summed E-state index contributed by atoms with van der Waals surface area (Å²) in [5.74, 6) is 0.717. The first-order valence-electron chi connectivity index (χ1n) is 6.14. The van der Waals surface area contributed by atoms with Crippen molar-refractivity contribution in [1.82, 2.24) is 9.97 Å². The normalized spacial score (nSPS) is 11.0. The van der Waals surface area contributed by atoms with Gasteiger partial charge in [0.15, 0.2) is 0 Å². The van der Waals surface area contributed by atoms with E-state index in [-0.39, 0.29) is 5.28 Å². The first kappa shape index (κ1) is 14.9. The van der Waals surface area contributed by atoms with Crippen LogP contribution in [0.5, 0.6) is 0 Å². The van der Waals surface area contributed by atoms with Crippen LogP contribution in [0.3, 0.4) is 0 Å². The molecule has 0 saturated carbocycles. The number of nitrogens with one attached hydrogen (secondary N) is 1. The van der Waals surface area contributed by atoms with Crippen molar-refractivity contribution in [2.75, 3.05) is 5.32 Å². The van der Waals surface area contributed by atoms with E-state index in [1.807, 2.05) is 24.4 Å². The van der Waals surface area contributed by atoms with Gasteiger partial charge in [0.2, 0.25) is 5.28 Å². The average Bonchev–Trinajstić information content (AvgIpc) is 2.79. The molecule has 3 rings (SSSR count). The molecular weight excluding hydrogens is 349 g/mol. The summed E-state index contributed by atoms with van der Waals surface area (Å²) in [5.41, 5.74) is 2.06. The number of hydrogen-bond acceptors (Lipinski definition) is 4. The maximum Gasteiger partial charge on any atom is 0.225 e. The number of aromatic nitrogens is 2. The van der Waals surface area contributed by atoms with Crippen LogP contribution in [0.25, 0.3) is 10.2 Å². The van der Waals surface area contributed by atoms with Gasteiger partial charge in [-0.2, -0.15) is 0 Å². The molecule has 0 radical (unpaired) electrons. The van der Waals surface area contributed by atoms with Gasteiger partial charge in [0.1, 0.15) is 10.6 Å². The van der Waals surface area contributed by atoms with Crippen molar-refractivity contribution in [3.05, 3.63) is 50.0 Å². The monoisotopic (exact) mass is 357 g/mol. The molecule has 0 bridgehead atoms. The molecule has 0 spiro atoms. The van der Waals surface area contributed by atoms with Gasteiger partial charge in [0, 0.05) is 16.6 Å². The Hall–Kier alpha value is -1.07. The summed E-state index contributed by atoms with van der Waals surface area (Å²) in [6.07, 6.45) is 0. The van der Waals surface area contributed by atoms with Crippen LogP contribution in [0.4, 0.5) is 5.82 Å². The minimum Gasteiger partial charge on any atom is -0.365 e. The lowest BCUT2D eigenvalue weighted by atomic mass is 10.2. The van der Waals surface area contributed by atoms with Crippen LogP contribution in [-0.4, -0.2) is 9.97 Å². The zero-order valence-corrected chi connectivity index (χ0v) is 14.0. The molecule has 0 aliphatic rings. The van der Waals surface area contributed by atoms with Gasteiger partial charge in [0.05, 0.1) is 5.39 Å². The highest BCUT2D eigenvalue weighted by atomic mass is 35.5. The average molecular weight is 359 g/mol. The molecule has 0 aliphatic heterocycles. The fourth-order valence-electron chi connectivity index (χ4n) is 2.03. The predicted molar refractivity (Wildman–Crippen MR) is 91.0 cm³/mol. The molecule has 21 heavy (non-hydrogen) atoms. The second kappa shape index (κ2) is 5.97. The van der Waals surface area contributed by atoms with Crippen molar-refractivity contribution in [2.45, 2.75) is 13.5 Å². The lowest BCUT2D eigenvalue weighted by Crippen LogP contribution is -2.03. The van der Waals surface area contributed by atoms with Gasteiger partial charge in [-0.1, -0.05) is 29.3 Å². The van der Waals surface area contributed by atoms with Gasteiger partial charge in [-0.25, -0.2) is 9.97 Å². The molecule has 0 unspecified atom stereocenters. The highest BCUT2D eigenvalue weighted by Gasteiger charge is 2.11. The Morgan fingerprint density at radius 3 is 2.76 bits per heavy atom. The van der Waals surface area contributed by atoms with Gasteiger partial charge < -0.3 is 5.32 Å². The summed E-state index contributed by atoms with van der Waals surface area (Å²) in [7, 11) is 0. The number of hydrogen-bond donors (Lipinski definition) is 1. The summed E-state index contributed by atoms with van der Waals surface area (Å²) in [6.45, 7) is 2.56. The van der Waals surface area contributed by atoms with Crippen molar-refractivity contribution in [2.24, 2.45) is 0 Å². The van der Waals surface area contributed by atoms with Gasteiger partial charge in [-0.05, 0) is 47.2 Å². The number of thiophene rings is 1. The van der Waals surface area contributed by atoms with Crippen LogP contribution in [-0.2, 0) is 6.54 Å². The molecule has 1 aromatic carbocycles. The van der Waals surface area contributed by atoms with E-state index in [1.54, 1.807) is 17.4 Å². The van der Waals surface area contributed by atoms with Crippen LogP contribution < -0.4 is 5.32 Å². The van der Waals surface area contributed by atoms with Crippen LogP contribution in [0, 0.1) is 6.92 Å². The van der Waals surface area contributed by atoms with Crippen molar-refractivity contribution in [3.8, 4) is 0 Å². The van der Waals surface area contributed by atoms with E-state index in [4.69, 9.17) is 34.8 Å². The molecule has 108 valence electrons. The lowest BCUT2D eigenvalue weighted by molar-refractivity contribution is 1.10. The van der Waals surface area contributed by atoms with Gasteiger partial charge in [-0.15, -0.1) is 11.3 Å². The van der Waals surface area contributed by atoms with Crippen LogP contribution in [0.1, 0.15) is 11.1 Å². The first-order chi connectivity index (χ1) is 10.0. The van der Waals surface area contributed by atoms with E-state index < -0.39 is 0 Å². The highest BCUT2D eigenvalue weighted by molar-refractivity contribution is 7.17. The quantitative estimate of drug-likeness (QED) is 0.622. The fraction of sp³-hybridized carbons (Fsp3) is 0.143. The summed E-state index contributed by atoms with van der Waals surface area (Å²) in [6, 6.07) is 5.42. The minimum atomic E-state index is 0.231. The van der Waals surface area contributed by atoms with Gasteiger partial charge in [-0.3, -0.25) is 0 Å². The molecule has 7 heteroatoms. The zero-order chi connectivity index (χ0) is 15.0. The smallest absolute Gasteiger partial charge is 0.225 e. The first-order valence-corrected chi connectivity index (χ1v) is 8.15. The Balaban J connectivity index is 1.93. The van der Waals surface area contributed by atoms with Gasteiger partial charge in [0.25, 0.3) is 0 Å². The number of aryl methyl sites for hydroxylation is 1. The molecule has 0 aliphatic carbocycles. The molecule has 2 heterocycles. The Kier molecular flexibility index (Phi) is 4.22. The van der Waals surface area contributed by atoms with Crippen molar-refractivity contribution < 1.29 is 0 Å². The summed E-state index contributed by atoms with van der Waals surface area (Å²) in [4.78, 5) is 9.38. The Bertz CT molecular complexity index is 817. The number of benzene rings is 1. The summed E-state index contributed by atoms with van der Waals surface area (Å²) in [5, 5.41) is 7.77. The fourth-order valence-corrected chi connectivity index (χ4v) is 3.65. The van der Waals surface area contributed by atoms with Crippen molar-refractivity contribution >= 4 is 62.2 Å². The lowest BCUT2D eigenvalue weighted by Gasteiger charge is -2.09. The predicted octanol–water partition coefficient (Wildman–Crippen LogP) is 5.57. The van der Waals surface area contributed by atoms with Crippen molar-refractivity contribution in [3.63, 3.8) is 0 Å². The third kappa shape index (κ3) is 3.09. The van der Waals surface area contributed by atoms with E-state index >= 15 is 0 Å². The van der Waals surface area contributed by atoms with Crippen LogP contribution >= 0.6 is 46.1 Å².